The summed E-state index contributed by atoms with van der Waals surface area (Å²) in [5, 5.41) is 7.10. The third-order valence-corrected chi connectivity index (χ3v) is 4.45. The number of nitrogens with zero attached hydrogens (tertiary/aromatic N) is 2. The number of ether oxygens (including phenoxy) is 3. The van der Waals surface area contributed by atoms with E-state index in [1.54, 1.807) is 42.2 Å². The lowest BCUT2D eigenvalue weighted by molar-refractivity contribution is -0.114. The van der Waals surface area contributed by atoms with Crippen molar-refractivity contribution in [1.82, 2.24) is 9.78 Å². The average Bonchev–Trinajstić information content (AvgIpc) is 2.96. The zero-order valence-corrected chi connectivity index (χ0v) is 16.7. The summed E-state index contributed by atoms with van der Waals surface area (Å²) in [7, 11) is 1.74. The molecule has 30 heavy (non-hydrogen) atoms. The quantitative estimate of drug-likeness (QED) is 0.526. The molecule has 1 amide bonds. The number of fused-ring (bicyclic) bond motifs is 1. The molecule has 0 fully saturated rings. The zero-order valence-electron chi connectivity index (χ0n) is 16.7. The van der Waals surface area contributed by atoms with Crippen molar-refractivity contribution in [1.29, 1.82) is 0 Å². The molecule has 0 atom stereocenters. The normalized spacial score (nSPS) is 12.7. The Hall–Kier alpha value is -3.81. The van der Waals surface area contributed by atoms with Crippen LogP contribution in [0, 0.1) is 0 Å². The maximum atomic E-state index is 12.8. The number of carbonyl (C=O) groups is 2. The summed E-state index contributed by atoms with van der Waals surface area (Å²) >= 11 is 0. The second kappa shape index (κ2) is 8.28. The van der Waals surface area contributed by atoms with Crippen molar-refractivity contribution in [3.05, 3.63) is 54.2 Å². The van der Waals surface area contributed by atoms with E-state index in [0.29, 0.717) is 47.4 Å². The van der Waals surface area contributed by atoms with Gasteiger partial charge in [0.1, 0.15) is 17.0 Å². The highest BCUT2D eigenvalue weighted by Crippen LogP contribution is 2.35. The summed E-state index contributed by atoms with van der Waals surface area (Å²) in [4.78, 5) is 23.9. The summed E-state index contributed by atoms with van der Waals surface area (Å²) in [5.41, 5.74) is 2.18. The molecule has 0 radical (unpaired) electrons. The SMILES string of the molecule is CC(=O)Nc1ccc(OC(=O)c2cn(C)nc2-c2ccc3c(c2)OCCCO3)cc1. The first-order valence-corrected chi connectivity index (χ1v) is 9.53. The number of aryl methyl sites for hydroxylation is 1. The monoisotopic (exact) mass is 407 g/mol. The van der Waals surface area contributed by atoms with Crippen LogP contribution in [0.4, 0.5) is 5.69 Å². The van der Waals surface area contributed by atoms with Crippen molar-refractivity contribution >= 4 is 17.6 Å². The van der Waals surface area contributed by atoms with Gasteiger partial charge in [0.15, 0.2) is 11.5 Å². The molecule has 4 rings (SSSR count). The number of hydrogen-bond donors (Lipinski definition) is 1. The van der Waals surface area contributed by atoms with Gasteiger partial charge in [-0.1, -0.05) is 0 Å². The molecule has 2 aromatic carbocycles. The Bertz CT molecular complexity index is 1090. The minimum atomic E-state index is -0.530. The standard InChI is InChI=1S/C22H21N3O5/c1-14(26)23-16-5-7-17(8-6-16)30-22(27)18-13-25(2)24-21(18)15-4-9-19-20(12-15)29-11-3-10-28-19/h4-9,12-13H,3,10-11H2,1-2H3,(H,23,26). The number of esters is 1. The summed E-state index contributed by atoms with van der Waals surface area (Å²) < 4.78 is 18.5. The minimum absolute atomic E-state index is 0.171. The van der Waals surface area contributed by atoms with Crippen molar-refractivity contribution in [2.75, 3.05) is 18.5 Å². The van der Waals surface area contributed by atoms with E-state index in [1.807, 2.05) is 18.2 Å². The Morgan fingerprint density at radius 3 is 2.53 bits per heavy atom. The van der Waals surface area contributed by atoms with Crippen molar-refractivity contribution in [3.63, 3.8) is 0 Å². The lowest BCUT2D eigenvalue weighted by Gasteiger charge is -2.09. The lowest BCUT2D eigenvalue weighted by Crippen LogP contribution is -2.09. The number of benzene rings is 2. The van der Waals surface area contributed by atoms with Crippen LogP contribution in [0.3, 0.4) is 0 Å². The molecule has 0 bridgehead atoms. The number of hydrogen-bond acceptors (Lipinski definition) is 6. The summed E-state index contributed by atoms with van der Waals surface area (Å²) in [6, 6.07) is 12.0. The molecule has 0 spiro atoms. The summed E-state index contributed by atoms with van der Waals surface area (Å²) in [5.74, 6) is 0.967. The smallest absolute Gasteiger partial charge is 0.347 e. The number of anilines is 1. The van der Waals surface area contributed by atoms with Crippen LogP contribution in [0.1, 0.15) is 23.7 Å². The number of aromatic nitrogens is 2. The minimum Gasteiger partial charge on any atom is -0.490 e. The predicted octanol–water partition coefficient (Wildman–Crippen LogP) is 3.43. The largest absolute Gasteiger partial charge is 0.490 e. The Kier molecular flexibility index (Phi) is 5.38. The molecule has 2 heterocycles. The van der Waals surface area contributed by atoms with Gasteiger partial charge in [0.05, 0.1) is 13.2 Å². The maximum Gasteiger partial charge on any atom is 0.347 e. The van der Waals surface area contributed by atoms with E-state index >= 15 is 0 Å². The molecule has 0 saturated carbocycles. The highest BCUT2D eigenvalue weighted by molar-refractivity contribution is 5.97. The van der Waals surface area contributed by atoms with Gasteiger partial charge in [-0.25, -0.2) is 4.79 Å². The van der Waals surface area contributed by atoms with Crippen molar-refractivity contribution in [2.24, 2.45) is 7.05 Å². The summed E-state index contributed by atoms with van der Waals surface area (Å²) in [6.07, 6.45) is 2.43. The van der Waals surface area contributed by atoms with E-state index in [0.717, 1.165) is 12.0 Å². The third kappa shape index (κ3) is 4.27. The maximum absolute atomic E-state index is 12.8. The van der Waals surface area contributed by atoms with Crippen LogP contribution in [-0.4, -0.2) is 34.9 Å². The number of amides is 1. The predicted molar refractivity (Wildman–Crippen MR) is 110 cm³/mol. The van der Waals surface area contributed by atoms with Crippen molar-refractivity contribution in [3.8, 4) is 28.5 Å². The van der Waals surface area contributed by atoms with Crippen LogP contribution >= 0.6 is 0 Å². The number of carbonyl (C=O) groups excluding carboxylic acids is 2. The molecular weight excluding hydrogens is 386 g/mol. The van der Waals surface area contributed by atoms with Crippen LogP contribution in [0.15, 0.2) is 48.7 Å². The highest BCUT2D eigenvalue weighted by atomic mass is 16.5. The van der Waals surface area contributed by atoms with Gasteiger partial charge in [-0.3, -0.25) is 9.48 Å². The molecule has 0 saturated heterocycles. The number of nitrogens with one attached hydrogen (secondary N) is 1. The molecule has 8 nitrogen and oxygen atoms in total. The van der Waals surface area contributed by atoms with Gasteiger partial charge in [-0.15, -0.1) is 0 Å². The molecule has 154 valence electrons. The topological polar surface area (TPSA) is 91.7 Å². The number of rotatable bonds is 4. The second-order valence-corrected chi connectivity index (χ2v) is 6.87. The Labute approximate surface area is 173 Å². The Morgan fingerprint density at radius 1 is 1.07 bits per heavy atom. The van der Waals surface area contributed by atoms with Gasteiger partial charge in [0, 0.05) is 37.8 Å². The fraction of sp³-hybridized carbons (Fsp3) is 0.227. The molecule has 0 unspecified atom stereocenters. The fourth-order valence-electron chi connectivity index (χ4n) is 3.13. The molecule has 8 heteroatoms. The first-order chi connectivity index (χ1) is 14.5. The third-order valence-electron chi connectivity index (χ3n) is 4.45. The van der Waals surface area contributed by atoms with Crippen LogP contribution in [0.25, 0.3) is 11.3 Å². The van der Waals surface area contributed by atoms with E-state index in [1.165, 1.54) is 6.92 Å². The van der Waals surface area contributed by atoms with Gasteiger partial charge in [0.25, 0.3) is 0 Å². The first kappa shape index (κ1) is 19.5. The molecule has 1 aliphatic rings. The summed E-state index contributed by atoms with van der Waals surface area (Å²) in [6.45, 7) is 2.60. The van der Waals surface area contributed by atoms with E-state index in [9.17, 15) is 9.59 Å². The van der Waals surface area contributed by atoms with E-state index in [2.05, 4.69) is 10.4 Å². The molecule has 1 N–H and O–H groups in total. The van der Waals surface area contributed by atoms with Crippen LogP contribution < -0.4 is 19.5 Å². The van der Waals surface area contributed by atoms with Gasteiger partial charge < -0.3 is 19.5 Å². The molecule has 1 aromatic heterocycles. The highest BCUT2D eigenvalue weighted by Gasteiger charge is 2.21. The van der Waals surface area contributed by atoms with Gasteiger partial charge >= 0.3 is 5.97 Å². The van der Waals surface area contributed by atoms with Crippen molar-refractivity contribution in [2.45, 2.75) is 13.3 Å². The molecule has 0 aliphatic carbocycles. The lowest BCUT2D eigenvalue weighted by atomic mass is 10.1. The van der Waals surface area contributed by atoms with E-state index in [-0.39, 0.29) is 5.91 Å². The molecule has 1 aliphatic heterocycles. The van der Waals surface area contributed by atoms with Crippen LogP contribution in [-0.2, 0) is 11.8 Å². The van der Waals surface area contributed by atoms with Gasteiger partial charge in [-0.05, 0) is 42.5 Å². The van der Waals surface area contributed by atoms with Gasteiger partial charge in [-0.2, -0.15) is 5.10 Å². The fourth-order valence-corrected chi connectivity index (χ4v) is 3.13. The van der Waals surface area contributed by atoms with E-state index in [4.69, 9.17) is 14.2 Å². The van der Waals surface area contributed by atoms with Crippen LogP contribution in [0.2, 0.25) is 0 Å². The van der Waals surface area contributed by atoms with E-state index < -0.39 is 5.97 Å². The average molecular weight is 407 g/mol. The Morgan fingerprint density at radius 2 is 1.80 bits per heavy atom. The van der Waals surface area contributed by atoms with Gasteiger partial charge in [0.2, 0.25) is 5.91 Å². The second-order valence-electron chi connectivity index (χ2n) is 6.87. The molecule has 3 aromatic rings. The van der Waals surface area contributed by atoms with Crippen molar-refractivity contribution < 1.29 is 23.8 Å². The Balaban J connectivity index is 1.58. The van der Waals surface area contributed by atoms with Crippen LogP contribution in [0.5, 0.6) is 17.2 Å². The molecular formula is C22H21N3O5. The first-order valence-electron chi connectivity index (χ1n) is 9.53. The zero-order chi connectivity index (χ0) is 21.1.